The highest BCUT2D eigenvalue weighted by molar-refractivity contribution is 7.98. The molecule has 2 aliphatic heterocycles. The fraction of sp³-hybridized carbons (Fsp3) is 0.667. The predicted molar refractivity (Wildman–Crippen MR) is 66.8 cm³/mol. The van der Waals surface area contributed by atoms with Gasteiger partial charge in [0.2, 0.25) is 0 Å². The Kier molecular flexibility index (Phi) is 3.22. The van der Waals surface area contributed by atoms with E-state index in [-0.39, 0.29) is 6.10 Å². The van der Waals surface area contributed by atoms with Crippen LogP contribution in [0.4, 0.5) is 0 Å². The molecule has 0 aromatic carbocycles. The molecule has 3 nitrogen and oxygen atoms in total. The van der Waals surface area contributed by atoms with Gasteiger partial charge in [0.1, 0.15) is 0 Å². The molecule has 0 saturated carbocycles. The van der Waals surface area contributed by atoms with Crippen molar-refractivity contribution in [3.63, 3.8) is 0 Å². The molecule has 1 aromatic heterocycles. The van der Waals surface area contributed by atoms with Crippen LogP contribution in [0.3, 0.4) is 0 Å². The summed E-state index contributed by atoms with van der Waals surface area (Å²) in [6.45, 7) is 4.07. The van der Waals surface area contributed by atoms with Gasteiger partial charge in [0, 0.05) is 43.1 Å². The molecule has 3 heterocycles. The number of hydrogen-bond acceptors (Lipinski definition) is 3. The highest BCUT2D eigenvalue weighted by Gasteiger charge is 2.19. The van der Waals surface area contributed by atoms with Crippen molar-refractivity contribution in [2.75, 3.05) is 25.4 Å². The van der Waals surface area contributed by atoms with Gasteiger partial charge in [0.15, 0.2) is 0 Å². The van der Waals surface area contributed by atoms with Crippen molar-refractivity contribution in [2.24, 2.45) is 0 Å². The van der Waals surface area contributed by atoms with Crippen molar-refractivity contribution in [1.29, 1.82) is 0 Å². The number of ether oxygens (including phenoxy) is 1. The molecule has 1 aromatic rings. The summed E-state index contributed by atoms with van der Waals surface area (Å²) < 4.78 is 8.27. The van der Waals surface area contributed by atoms with Crippen LogP contribution in [0, 0.1) is 0 Å². The van der Waals surface area contributed by atoms with E-state index < -0.39 is 0 Å². The average molecular weight is 238 g/mol. The number of fused-ring (bicyclic) bond motifs is 1. The minimum Gasteiger partial charge on any atom is -0.372 e. The van der Waals surface area contributed by atoms with E-state index in [4.69, 9.17) is 4.74 Å². The van der Waals surface area contributed by atoms with Gasteiger partial charge < -0.3 is 14.6 Å². The van der Waals surface area contributed by atoms with Crippen LogP contribution >= 0.6 is 11.8 Å². The van der Waals surface area contributed by atoms with E-state index in [1.165, 1.54) is 17.0 Å². The van der Waals surface area contributed by atoms with Crippen LogP contribution < -0.4 is 5.32 Å². The third-order valence-corrected chi connectivity index (χ3v) is 4.22. The summed E-state index contributed by atoms with van der Waals surface area (Å²) in [6.07, 6.45) is 3.66. The highest BCUT2D eigenvalue weighted by atomic mass is 32.2. The molecule has 1 atom stereocenters. The Bertz CT molecular complexity index is 332. The number of rotatable bonds is 1. The molecular weight excluding hydrogens is 220 g/mol. The van der Waals surface area contributed by atoms with Crippen LogP contribution in [0.15, 0.2) is 12.3 Å². The quantitative estimate of drug-likeness (QED) is 0.808. The van der Waals surface area contributed by atoms with E-state index in [1.807, 2.05) is 11.8 Å². The molecule has 1 unspecified atom stereocenters. The molecule has 88 valence electrons. The van der Waals surface area contributed by atoms with E-state index in [0.29, 0.717) is 0 Å². The lowest BCUT2D eigenvalue weighted by molar-refractivity contribution is 0.0669. The summed E-state index contributed by atoms with van der Waals surface area (Å²) in [5.74, 6) is 2.39. The first kappa shape index (κ1) is 10.7. The van der Waals surface area contributed by atoms with Crippen molar-refractivity contribution in [2.45, 2.75) is 24.8 Å². The molecule has 1 fully saturated rings. The monoisotopic (exact) mass is 238 g/mol. The van der Waals surface area contributed by atoms with E-state index >= 15 is 0 Å². The number of hydrogen-bond donors (Lipinski definition) is 1. The molecule has 1 saturated heterocycles. The van der Waals surface area contributed by atoms with Crippen LogP contribution in [-0.2, 0) is 17.0 Å². The van der Waals surface area contributed by atoms with Gasteiger partial charge in [-0.25, -0.2) is 0 Å². The number of thioether (sulfide) groups is 1. The van der Waals surface area contributed by atoms with Gasteiger partial charge in [0.25, 0.3) is 0 Å². The third kappa shape index (κ3) is 2.14. The molecule has 3 rings (SSSR count). The second-order valence-electron chi connectivity index (χ2n) is 4.43. The standard InChI is InChI=1S/C12H18N2OS/c1-2-13-7-12(15-4-1)10-6-11-9-16-5-3-14(11)8-10/h6,8,12-13H,1-5,7,9H2. The maximum atomic E-state index is 5.88. The summed E-state index contributed by atoms with van der Waals surface area (Å²) in [6, 6.07) is 2.32. The van der Waals surface area contributed by atoms with Crippen LogP contribution in [-0.4, -0.2) is 30.0 Å². The van der Waals surface area contributed by atoms with Crippen molar-refractivity contribution >= 4 is 11.8 Å². The van der Waals surface area contributed by atoms with Crippen molar-refractivity contribution < 1.29 is 4.74 Å². The van der Waals surface area contributed by atoms with Crippen molar-refractivity contribution in [3.8, 4) is 0 Å². The molecule has 1 N–H and O–H groups in total. The van der Waals surface area contributed by atoms with E-state index in [9.17, 15) is 0 Å². The third-order valence-electron chi connectivity index (χ3n) is 3.25. The molecule has 0 aliphatic carbocycles. The van der Waals surface area contributed by atoms with Crippen LogP contribution in [0.2, 0.25) is 0 Å². The molecule has 0 radical (unpaired) electrons. The zero-order chi connectivity index (χ0) is 10.8. The Balaban J connectivity index is 1.79. The van der Waals surface area contributed by atoms with Gasteiger partial charge in [-0.05, 0) is 24.6 Å². The lowest BCUT2D eigenvalue weighted by atomic mass is 10.2. The molecule has 0 amide bonds. The Labute approximate surface area is 101 Å². The van der Waals surface area contributed by atoms with E-state index in [2.05, 4.69) is 22.1 Å². The van der Waals surface area contributed by atoms with Gasteiger partial charge in [-0.1, -0.05) is 0 Å². The normalized spacial score (nSPS) is 26.1. The van der Waals surface area contributed by atoms with Crippen LogP contribution in [0.1, 0.15) is 23.8 Å². The molecule has 4 heteroatoms. The predicted octanol–water partition coefficient (Wildman–Crippen LogP) is 1.79. The molecule has 2 aliphatic rings. The number of nitrogens with one attached hydrogen (secondary N) is 1. The fourth-order valence-corrected chi connectivity index (χ4v) is 3.28. The Hall–Kier alpha value is -0.450. The average Bonchev–Trinajstić information content (AvgIpc) is 2.56. The Morgan fingerprint density at radius 3 is 3.44 bits per heavy atom. The minimum absolute atomic E-state index is 0.255. The summed E-state index contributed by atoms with van der Waals surface area (Å²) in [5.41, 5.74) is 2.81. The van der Waals surface area contributed by atoms with E-state index in [0.717, 1.165) is 38.4 Å². The van der Waals surface area contributed by atoms with Gasteiger partial charge in [0.05, 0.1) is 6.10 Å². The molecular formula is C12H18N2OS. The molecule has 0 bridgehead atoms. The summed E-state index contributed by atoms with van der Waals surface area (Å²) in [5, 5.41) is 3.44. The summed E-state index contributed by atoms with van der Waals surface area (Å²) in [7, 11) is 0. The first-order chi connectivity index (χ1) is 7.93. The lowest BCUT2D eigenvalue weighted by Gasteiger charge is -2.14. The topological polar surface area (TPSA) is 26.2 Å². The summed E-state index contributed by atoms with van der Waals surface area (Å²) >= 11 is 2.02. The maximum Gasteiger partial charge on any atom is 0.0963 e. The van der Waals surface area contributed by atoms with Gasteiger partial charge in [-0.3, -0.25) is 0 Å². The maximum absolute atomic E-state index is 5.88. The van der Waals surface area contributed by atoms with Crippen LogP contribution in [0.5, 0.6) is 0 Å². The van der Waals surface area contributed by atoms with Crippen LogP contribution in [0.25, 0.3) is 0 Å². The number of nitrogens with zero attached hydrogens (tertiary/aromatic N) is 1. The zero-order valence-corrected chi connectivity index (χ0v) is 10.3. The molecule has 0 spiro atoms. The van der Waals surface area contributed by atoms with Gasteiger partial charge >= 0.3 is 0 Å². The van der Waals surface area contributed by atoms with Gasteiger partial charge in [-0.15, -0.1) is 0 Å². The SMILES string of the molecule is c1c(C2CNCCCO2)cn2c1CSCC2. The van der Waals surface area contributed by atoms with Gasteiger partial charge in [-0.2, -0.15) is 11.8 Å². The van der Waals surface area contributed by atoms with E-state index in [1.54, 1.807) is 0 Å². The van der Waals surface area contributed by atoms with Crippen molar-refractivity contribution in [1.82, 2.24) is 9.88 Å². The lowest BCUT2D eigenvalue weighted by Crippen LogP contribution is -2.19. The highest BCUT2D eigenvalue weighted by Crippen LogP contribution is 2.26. The van der Waals surface area contributed by atoms with Crippen molar-refractivity contribution in [3.05, 3.63) is 23.5 Å². The first-order valence-corrected chi connectivity index (χ1v) is 7.18. The second-order valence-corrected chi connectivity index (χ2v) is 5.53. The zero-order valence-electron chi connectivity index (χ0n) is 9.45. The number of aromatic nitrogens is 1. The number of aryl methyl sites for hydroxylation is 1. The Morgan fingerprint density at radius 2 is 2.50 bits per heavy atom. The Morgan fingerprint density at radius 1 is 1.50 bits per heavy atom. The largest absolute Gasteiger partial charge is 0.372 e. The smallest absolute Gasteiger partial charge is 0.0963 e. The second kappa shape index (κ2) is 4.82. The molecule has 16 heavy (non-hydrogen) atoms. The summed E-state index contributed by atoms with van der Waals surface area (Å²) in [4.78, 5) is 0. The fourth-order valence-electron chi connectivity index (χ4n) is 2.35. The minimum atomic E-state index is 0.255. The first-order valence-electron chi connectivity index (χ1n) is 6.02.